The summed E-state index contributed by atoms with van der Waals surface area (Å²) in [6.45, 7) is 4.03. The molecule has 0 aliphatic heterocycles. The maximum atomic E-state index is 12.5. The number of hydrogen-bond donors (Lipinski definition) is 0. The molecule has 4 aromatic rings. The van der Waals surface area contributed by atoms with E-state index in [2.05, 4.69) is 9.47 Å². The minimum atomic E-state index is -0.465. The van der Waals surface area contributed by atoms with Crippen LogP contribution in [-0.4, -0.2) is 75.2 Å². The molecule has 0 spiro atoms. The summed E-state index contributed by atoms with van der Waals surface area (Å²) in [5.74, 6) is -3.05. The second kappa shape index (κ2) is 24.6. The molecule has 352 valence electrons. The Kier molecular flexibility index (Phi) is 18.5. The van der Waals surface area contributed by atoms with Crippen molar-refractivity contribution in [1.82, 2.24) is 0 Å². The lowest BCUT2D eigenvalue weighted by Gasteiger charge is -2.25. The van der Waals surface area contributed by atoms with Crippen molar-refractivity contribution in [3.8, 4) is 23.0 Å². The van der Waals surface area contributed by atoms with E-state index in [1.807, 2.05) is 0 Å². The van der Waals surface area contributed by atoms with Crippen LogP contribution in [0.15, 0.2) is 97.1 Å². The minimum Gasteiger partial charge on any atom is -0.465 e. The second-order valence-corrected chi connectivity index (χ2v) is 15.3. The average Bonchev–Trinajstić information content (AvgIpc) is 3.34. The van der Waals surface area contributed by atoms with E-state index in [1.54, 1.807) is 86.6 Å². The summed E-state index contributed by atoms with van der Waals surface area (Å²) in [7, 11) is 2.59. The summed E-state index contributed by atoms with van der Waals surface area (Å²) in [6, 6.07) is 24.7. The summed E-state index contributed by atoms with van der Waals surface area (Å²) < 4.78 is 40.8. The van der Waals surface area contributed by atoms with Gasteiger partial charge in [-0.3, -0.25) is 19.2 Å². The number of hydrogen-bond acceptors (Lipinski definition) is 16. The smallest absolute Gasteiger partial charge is 0.338 e. The molecular weight excluding hydrogens is 857 g/mol. The largest absolute Gasteiger partial charge is 0.465 e. The molecule has 0 atom stereocenters. The summed E-state index contributed by atoms with van der Waals surface area (Å²) in [6.07, 6.45) is 4.12. The molecule has 0 unspecified atom stereocenters. The fourth-order valence-electron chi connectivity index (χ4n) is 7.23. The minimum absolute atomic E-state index is 0. The Labute approximate surface area is 384 Å². The molecule has 0 heterocycles. The molecule has 2 fully saturated rings. The van der Waals surface area contributed by atoms with E-state index in [1.165, 1.54) is 38.5 Å². The maximum Gasteiger partial charge on any atom is 0.338 e. The molecule has 16 nitrogen and oxygen atoms in total. The van der Waals surface area contributed by atoms with E-state index in [-0.39, 0.29) is 63.6 Å². The summed E-state index contributed by atoms with van der Waals surface area (Å²) in [4.78, 5) is 96.3. The predicted molar refractivity (Wildman–Crippen MR) is 238 cm³/mol. The fourth-order valence-corrected chi connectivity index (χ4v) is 7.23. The zero-order valence-electron chi connectivity index (χ0n) is 37.2. The van der Waals surface area contributed by atoms with Gasteiger partial charge in [-0.05, 0) is 162 Å². The van der Waals surface area contributed by atoms with E-state index in [0.717, 1.165) is 0 Å². The van der Waals surface area contributed by atoms with Crippen LogP contribution in [0.2, 0.25) is 0 Å². The molecule has 2 aliphatic carbocycles. The first-order chi connectivity index (χ1) is 31.8. The highest BCUT2D eigenvalue weighted by molar-refractivity contribution is 5.91. The lowest BCUT2D eigenvalue weighted by atomic mass is 9.82. The molecule has 0 bridgehead atoms. The molecule has 0 aromatic heterocycles. The third-order valence-corrected chi connectivity index (χ3v) is 10.9. The normalized spacial score (nSPS) is 17.5. The van der Waals surface area contributed by atoms with Gasteiger partial charge in [0.2, 0.25) is 0 Å². The highest BCUT2D eigenvalue weighted by Gasteiger charge is 2.34. The van der Waals surface area contributed by atoms with Crippen molar-refractivity contribution in [1.29, 1.82) is 0 Å². The maximum absolute atomic E-state index is 12.5. The number of rotatable bonds is 14. The summed E-state index contributed by atoms with van der Waals surface area (Å²) in [5.41, 5.74) is 1.50. The molecule has 0 amide bonds. The van der Waals surface area contributed by atoms with Gasteiger partial charge in [-0.1, -0.05) is 0 Å². The van der Waals surface area contributed by atoms with Gasteiger partial charge in [0.25, 0.3) is 0 Å². The van der Waals surface area contributed by atoms with Crippen LogP contribution in [0.25, 0.3) is 0 Å². The Bertz CT molecular complexity index is 2150. The van der Waals surface area contributed by atoms with E-state index < -0.39 is 23.9 Å². The van der Waals surface area contributed by atoms with Crippen molar-refractivity contribution >= 4 is 47.8 Å². The molecule has 2 saturated carbocycles. The van der Waals surface area contributed by atoms with E-state index in [4.69, 9.17) is 28.4 Å². The SMILES string of the molecule is CCOC(=O)c1ccc(OC(=O)C2CCC(C(=O)Oc3ccc(C(=O)OCC)cc3)CC2)cc1.COC(=O)c1ccc(OC(=O)C2CCC(C(=O)Oc3ccc(C(=O)OC)cc3)CC2)cc1.[HH].[HH]. The summed E-state index contributed by atoms with van der Waals surface area (Å²) in [5, 5.41) is 0. The highest BCUT2D eigenvalue weighted by Crippen LogP contribution is 2.33. The van der Waals surface area contributed by atoms with Crippen molar-refractivity contribution in [2.24, 2.45) is 23.7 Å². The highest BCUT2D eigenvalue weighted by atomic mass is 16.6. The topological polar surface area (TPSA) is 210 Å². The predicted octanol–water partition coefficient (Wildman–Crippen LogP) is 8.43. The first kappa shape index (κ1) is 49.7. The third-order valence-electron chi connectivity index (χ3n) is 10.9. The number of ether oxygens (including phenoxy) is 8. The lowest BCUT2D eigenvalue weighted by Crippen LogP contribution is -2.30. The Morgan fingerprint density at radius 1 is 0.364 bits per heavy atom. The van der Waals surface area contributed by atoms with E-state index in [9.17, 15) is 38.4 Å². The van der Waals surface area contributed by atoms with E-state index >= 15 is 0 Å². The molecule has 16 heteroatoms. The molecule has 2 aliphatic rings. The van der Waals surface area contributed by atoms with Crippen LogP contribution in [0.5, 0.6) is 23.0 Å². The molecule has 0 radical (unpaired) electrons. The Morgan fingerprint density at radius 2 is 0.561 bits per heavy atom. The Morgan fingerprint density at radius 3 is 0.742 bits per heavy atom. The van der Waals surface area contributed by atoms with Gasteiger partial charge >= 0.3 is 47.8 Å². The van der Waals surface area contributed by atoms with Crippen LogP contribution >= 0.6 is 0 Å². The zero-order chi connectivity index (χ0) is 47.6. The average molecular weight is 913 g/mol. The van der Waals surface area contributed by atoms with Gasteiger partial charge in [-0.15, -0.1) is 0 Å². The first-order valence-electron chi connectivity index (χ1n) is 21.6. The van der Waals surface area contributed by atoms with Crippen molar-refractivity contribution in [3.63, 3.8) is 0 Å². The van der Waals surface area contributed by atoms with Crippen molar-refractivity contribution < 1.29 is 79.1 Å². The summed E-state index contributed by atoms with van der Waals surface area (Å²) >= 11 is 0. The van der Waals surface area contributed by atoms with Crippen molar-refractivity contribution in [2.75, 3.05) is 27.4 Å². The van der Waals surface area contributed by atoms with Gasteiger partial charge in [0.15, 0.2) is 0 Å². The van der Waals surface area contributed by atoms with Crippen molar-refractivity contribution in [2.45, 2.75) is 65.2 Å². The van der Waals surface area contributed by atoms with Crippen LogP contribution < -0.4 is 18.9 Å². The van der Waals surface area contributed by atoms with Crippen LogP contribution in [0, 0.1) is 23.7 Å². The van der Waals surface area contributed by atoms with Crippen LogP contribution in [0.1, 0.15) is 109 Å². The number of methoxy groups -OCH3 is 2. The van der Waals surface area contributed by atoms with Gasteiger partial charge in [0, 0.05) is 2.85 Å². The molecular formula is C50H56O16. The van der Waals surface area contributed by atoms with Crippen molar-refractivity contribution in [3.05, 3.63) is 119 Å². The van der Waals surface area contributed by atoms with Gasteiger partial charge in [-0.25, -0.2) is 19.2 Å². The lowest BCUT2D eigenvalue weighted by molar-refractivity contribution is -0.145. The Balaban J connectivity index is 0.000000351. The van der Waals surface area contributed by atoms with Crippen LogP contribution in [0.4, 0.5) is 0 Å². The third kappa shape index (κ3) is 14.3. The zero-order valence-corrected chi connectivity index (χ0v) is 37.2. The second-order valence-electron chi connectivity index (χ2n) is 15.3. The Hall–Kier alpha value is -7.36. The number of benzene rings is 4. The van der Waals surface area contributed by atoms with Crippen LogP contribution in [-0.2, 0) is 38.1 Å². The molecule has 4 aromatic carbocycles. The first-order valence-corrected chi connectivity index (χ1v) is 21.6. The quantitative estimate of drug-likeness (QED) is 0.0660. The number of carbonyl (C=O) groups is 8. The molecule has 66 heavy (non-hydrogen) atoms. The molecule has 6 rings (SSSR count). The fraction of sp³-hybridized carbons (Fsp3) is 0.360. The van der Waals surface area contributed by atoms with Gasteiger partial charge in [0.1, 0.15) is 23.0 Å². The number of carbonyl (C=O) groups excluding carboxylic acids is 8. The van der Waals surface area contributed by atoms with Gasteiger partial charge < -0.3 is 37.9 Å². The standard InChI is InChI=1S/C26H28O8.C24H24O8.2H2/c1-3-31-23(27)17-9-13-21(14-10-17)33-25(29)19-5-7-20(8-6-19)26(30)34-22-15-11-18(12-16-22)24(28)32-4-2;1-29-21(25)15-7-11-19(12-8-15)31-23(27)17-3-5-18(6-4-17)24(28)32-20-13-9-16(10-14-20)22(26)30-2;;/h9-16,19-20H,3-8H2,1-2H3;7-14,17-18H,3-6H2,1-2H3;2*1H. The monoisotopic (exact) mass is 912 g/mol. The van der Waals surface area contributed by atoms with Gasteiger partial charge in [0.05, 0.1) is 73.4 Å². The van der Waals surface area contributed by atoms with E-state index in [0.29, 0.717) is 96.6 Å². The van der Waals surface area contributed by atoms with Crippen LogP contribution in [0.3, 0.4) is 0 Å². The molecule has 0 N–H and O–H groups in total. The van der Waals surface area contributed by atoms with Gasteiger partial charge in [-0.2, -0.15) is 0 Å². The number of esters is 8. The molecule has 0 saturated heterocycles.